The van der Waals surface area contributed by atoms with Crippen LogP contribution in [0.5, 0.6) is 5.75 Å². The molecular weight excluding hydrogens is 273 g/mol. The van der Waals surface area contributed by atoms with Gasteiger partial charge < -0.3 is 9.47 Å². The molecule has 0 N–H and O–H groups in total. The fourth-order valence-electron chi connectivity index (χ4n) is 1.31. The van der Waals surface area contributed by atoms with Crippen molar-refractivity contribution < 1.29 is 27.4 Å². The van der Waals surface area contributed by atoms with Crippen molar-refractivity contribution in [3.05, 3.63) is 29.1 Å². The van der Waals surface area contributed by atoms with Gasteiger partial charge in [-0.3, -0.25) is 4.79 Å². The zero-order chi connectivity index (χ0) is 13.7. The van der Waals surface area contributed by atoms with Crippen molar-refractivity contribution in [1.82, 2.24) is 0 Å². The Balaban J connectivity index is 3.08. The number of hydrogen-bond acceptors (Lipinski definition) is 3. The van der Waals surface area contributed by atoms with E-state index in [9.17, 15) is 18.0 Å². The molecule has 7 heteroatoms. The molecule has 0 aromatic heterocycles. The highest BCUT2D eigenvalue weighted by Gasteiger charge is 2.16. The Morgan fingerprint density at radius 1 is 1.39 bits per heavy atom. The second-order valence-corrected chi connectivity index (χ2v) is 3.58. The van der Waals surface area contributed by atoms with Crippen LogP contribution in [-0.4, -0.2) is 19.7 Å². The lowest BCUT2D eigenvalue weighted by Gasteiger charge is -2.11. The fraction of sp³-hybridized carbons (Fsp3) is 0.364. The largest absolute Gasteiger partial charge is 0.469 e. The van der Waals surface area contributed by atoms with Crippen LogP contribution in [0.25, 0.3) is 0 Å². The van der Waals surface area contributed by atoms with E-state index in [0.29, 0.717) is 0 Å². The molecule has 0 aliphatic carbocycles. The van der Waals surface area contributed by atoms with Gasteiger partial charge in [-0.2, -0.15) is 8.78 Å². The predicted octanol–water partition coefficient (Wildman–Crippen LogP) is 2.88. The van der Waals surface area contributed by atoms with Crippen molar-refractivity contribution in [2.24, 2.45) is 0 Å². The molecule has 0 aliphatic heterocycles. The van der Waals surface area contributed by atoms with E-state index in [-0.39, 0.29) is 29.2 Å². The molecule has 100 valence electrons. The number of carbonyl (C=O) groups is 1. The Kier molecular flexibility index (Phi) is 5.27. The second-order valence-electron chi connectivity index (χ2n) is 3.32. The van der Waals surface area contributed by atoms with Crippen LogP contribution in [0, 0.1) is 5.82 Å². The van der Waals surface area contributed by atoms with E-state index in [4.69, 9.17) is 11.6 Å². The summed E-state index contributed by atoms with van der Waals surface area (Å²) in [7, 11) is 1.14. The molecule has 0 amide bonds. The molecule has 1 aromatic carbocycles. The van der Waals surface area contributed by atoms with Gasteiger partial charge >= 0.3 is 12.6 Å². The summed E-state index contributed by atoms with van der Waals surface area (Å²) in [6, 6.07) is 1.99. The van der Waals surface area contributed by atoms with Gasteiger partial charge in [-0.25, -0.2) is 4.39 Å². The van der Waals surface area contributed by atoms with E-state index < -0.39 is 18.4 Å². The van der Waals surface area contributed by atoms with Crippen molar-refractivity contribution in [1.29, 1.82) is 0 Å². The average Bonchev–Trinajstić information content (AvgIpc) is 2.32. The monoisotopic (exact) mass is 282 g/mol. The van der Waals surface area contributed by atoms with Crippen LogP contribution in [0.2, 0.25) is 0 Å². The van der Waals surface area contributed by atoms with E-state index in [1.54, 1.807) is 0 Å². The van der Waals surface area contributed by atoms with Gasteiger partial charge in [0.05, 0.1) is 19.4 Å². The standard InChI is InChI=1S/C11H10ClF3O3/c1-17-10(16)4-6-3-9(18-11(14)15)7(5-12)2-8(6)13/h2-3,11H,4-5H2,1H3. The van der Waals surface area contributed by atoms with E-state index >= 15 is 0 Å². The molecule has 0 fully saturated rings. The zero-order valence-corrected chi connectivity index (χ0v) is 10.1. The maximum absolute atomic E-state index is 13.5. The quantitative estimate of drug-likeness (QED) is 0.615. The lowest BCUT2D eigenvalue weighted by Crippen LogP contribution is -2.09. The maximum Gasteiger partial charge on any atom is 0.387 e. The first-order valence-electron chi connectivity index (χ1n) is 4.86. The summed E-state index contributed by atoms with van der Waals surface area (Å²) in [6.07, 6.45) is -0.371. The lowest BCUT2D eigenvalue weighted by molar-refractivity contribution is -0.139. The molecule has 0 heterocycles. The summed E-state index contributed by atoms with van der Waals surface area (Å²) in [6.45, 7) is -3.05. The number of alkyl halides is 3. The first kappa shape index (κ1) is 14.6. The highest BCUT2D eigenvalue weighted by molar-refractivity contribution is 6.17. The zero-order valence-electron chi connectivity index (χ0n) is 9.38. The Bertz CT molecular complexity index is 438. The van der Waals surface area contributed by atoms with Crippen molar-refractivity contribution >= 4 is 17.6 Å². The second kappa shape index (κ2) is 6.49. The van der Waals surface area contributed by atoms with Gasteiger partial charge in [0.15, 0.2) is 0 Å². The van der Waals surface area contributed by atoms with Crippen molar-refractivity contribution in [2.75, 3.05) is 7.11 Å². The highest BCUT2D eigenvalue weighted by Crippen LogP contribution is 2.26. The normalized spacial score (nSPS) is 10.6. The Morgan fingerprint density at radius 3 is 2.56 bits per heavy atom. The van der Waals surface area contributed by atoms with Crippen LogP contribution in [0.15, 0.2) is 12.1 Å². The molecule has 0 aliphatic rings. The third-order valence-corrected chi connectivity index (χ3v) is 2.44. The van der Waals surface area contributed by atoms with Crippen LogP contribution in [-0.2, 0) is 21.8 Å². The summed E-state index contributed by atoms with van der Waals surface area (Å²) < 4.78 is 46.4. The molecule has 3 nitrogen and oxygen atoms in total. The number of ether oxygens (including phenoxy) is 2. The number of benzene rings is 1. The minimum atomic E-state index is -3.05. The minimum Gasteiger partial charge on any atom is -0.469 e. The molecule has 0 saturated carbocycles. The lowest BCUT2D eigenvalue weighted by atomic mass is 10.1. The smallest absolute Gasteiger partial charge is 0.387 e. The summed E-state index contributed by atoms with van der Waals surface area (Å²) in [5.41, 5.74) is -0.00514. The number of carbonyl (C=O) groups excluding carboxylic acids is 1. The third kappa shape index (κ3) is 3.80. The number of esters is 1. The van der Waals surface area contributed by atoms with Crippen LogP contribution in [0.3, 0.4) is 0 Å². The molecule has 1 rings (SSSR count). The molecule has 0 bridgehead atoms. The molecule has 18 heavy (non-hydrogen) atoms. The van der Waals surface area contributed by atoms with E-state index in [1.807, 2.05) is 0 Å². The number of methoxy groups -OCH3 is 1. The van der Waals surface area contributed by atoms with Crippen molar-refractivity contribution in [2.45, 2.75) is 18.9 Å². The Morgan fingerprint density at radius 2 is 2.06 bits per heavy atom. The molecule has 0 saturated heterocycles. The summed E-state index contributed by atoms with van der Waals surface area (Å²) >= 11 is 5.49. The number of rotatable bonds is 5. The Hall–Kier alpha value is -1.43. The minimum absolute atomic E-state index is 0.0862. The first-order chi connectivity index (χ1) is 8.47. The van der Waals surface area contributed by atoms with Gasteiger partial charge in [0.1, 0.15) is 11.6 Å². The molecule has 0 radical (unpaired) electrons. The van der Waals surface area contributed by atoms with Crippen molar-refractivity contribution in [3.63, 3.8) is 0 Å². The van der Waals surface area contributed by atoms with Crippen LogP contribution < -0.4 is 4.74 Å². The number of hydrogen-bond donors (Lipinski definition) is 0. The van der Waals surface area contributed by atoms with Gasteiger partial charge in [0.25, 0.3) is 0 Å². The number of halogens is 4. The third-order valence-electron chi connectivity index (χ3n) is 2.15. The van der Waals surface area contributed by atoms with Crippen LogP contribution in [0.4, 0.5) is 13.2 Å². The van der Waals surface area contributed by atoms with Gasteiger partial charge in [0.2, 0.25) is 0 Å². The summed E-state index contributed by atoms with van der Waals surface area (Å²) in [4.78, 5) is 11.0. The van der Waals surface area contributed by atoms with E-state index in [1.165, 1.54) is 0 Å². The molecule has 0 spiro atoms. The molecular formula is C11H10ClF3O3. The van der Waals surface area contributed by atoms with Gasteiger partial charge in [-0.15, -0.1) is 11.6 Å². The highest BCUT2D eigenvalue weighted by atomic mass is 35.5. The Labute approximate surface area is 106 Å². The topological polar surface area (TPSA) is 35.5 Å². The van der Waals surface area contributed by atoms with Crippen LogP contribution >= 0.6 is 11.6 Å². The van der Waals surface area contributed by atoms with Gasteiger partial charge in [0, 0.05) is 11.1 Å². The average molecular weight is 283 g/mol. The molecule has 0 atom stereocenters. The van der Waals surface area contributed by atoms with Gasteiger partial charge in [-0.1, -0.05) is 0 Å². The fourth-order valence-corrected chi connectivity index (χ4v) is 1.52. The van der Waals surface area contributed by atoms with Crippen LogP contribution in [0.1, 0.15) is 11.1 Å². The predicted molar refractivity (Wildman–Crippen MR) is 58.3 cm³/mol. The SMILES string of the molecule is COC(=O)Cc1cc(OC(F)F)c(CCl)cc1F. The van der Waals surface area contributed by atoms with Gasteiger partial charge in [-0.05, 0) is 12.1 Å². The summed E-state index contributed by atoms with van der Waals surface area (Å²) in [5, 5.41) is 0. The van der Waals surface area contributed by atoms with E-state index in [2.05, 4.69) is 9.47 Å². The first-order valence-corrected chi connectivity index (χ1v) is 5.40. The molecule has 0 unspecified atom stereocenters. The molecule has 1 aromatic rings. The summed E-state index contributed by atoms with van der Waals surface area (Å²) in [5.74, 6) is -1.84. The van der Waals surface area contributed by atoms with E-state index in [0.717, 1.165) is 19.2 Å². The van der Waals surface area contributed by atoms with Crippen molar-refractivity contribution in [3.8, 4) is 5.75 Å². The maximum atomic E-state index is 13.5.